The fourth-order valence-corrected chi connectivity index (χ4v) is 8.85. The maximum Gasteiger partial charge on any atom is 0.160 e. The Morgan fingerprint density at radius 1 is 0.226 bits per heavy atom. The third kappa shape index (κ3) is 6.63. The van der Waals surface area contributed by atoms with Crippen LogP contribution in [0.2, 0.25) is 0 Å². The van der Waals surface area contributed by atoms with Gasteiger partial charge < -0.3 is 0 Å². The Morgan fingerprint density at radius 3 is 1.03 bits per heavy atom. The molecule has 0 unspecified atom stereocenters. The third-order valence-electron chi connectivity index (χ3n) is 12.3. The highest BCUT2D eigenvalue weighted by molar-refractivity contribution is 6.01. The second-order valence-electron chi connectivity index (χ2n) is 16.2. The van der Waals surface area contributed by atoms with Gasteiger partial charge in [-0.05, 0) is 136 Å². The molecular weight excluding hydrogens is 751 g/mol. The summed E-state index contributed by atoms with van der Waals surface area (Å²) < 4.78 is 0. The van der Waals surface area contributed by atoms with Gasteiger partial charge in [-0.1, -0.05) is 158 Å². The zero-order valence-electron chi connectivity index (χ0n) is 33.7. The number of pyridine rings is 1. The lowest BCUT2D eigenvalue weighted by Gasteiger charge is -2.12. The van der Waals surface area contributed by atoms with Gasteiger partial charge in [0.25, 0.3) is 0 Å². The van der Waals surface area contributed by atoms with Crippen LogP contribution in [0.1, 0.15) is 0 Å². The van der Waals surface area contributed by atoms with Crippen LogP contribution in [0.4, 0.5) is 0 Å². The highest BCUT2D eigenvalue weighted by atomic mass is 14.9. The van der Waals surface area contributed by atoms with Crippen LogP contribution in [0.3, 0.4) is 0 Å². The van der Waals surface area contributed by atoms with Crippen LogP contribution in [-0.2, 0) is 0 Å². The molecule has 3 heteroatoms. The summed E-state index contributed by atoms with van der Waals surface area (Å²) in [6.07, 6.45) is 3.75. The van der Waals surface area contributed by atoms with E-state index in [-0.39, 0.29) is 0 Å². The molecule has 2 aromatic heterocycles. The molecule has 0 saturated carbocycles. The number of nitrogens with zero attached hydrogens (tertiary/aromatic N) is 3. The molecule has 288 valence electrons. The van der Waals surface area contributed by atoms with E-state index in [4.69, 9.17) is 9.97 Å². The van der Waals surface area contributed by atoms with Crippen LogP contribution >= 0.6 is 0 Å². The topological polar surface area (TPSA) is 38.7 Å². The van der Waals surface area contributed by atoms with E-state index in [1.54, 1.807) is 0 Å². The maximum absolute atomic E-state index is 5.21. The number of aromatic nitrogens is 3. The van der Waals surface area contributed by atoms with Crippen LogP contribution in [-0.4, -0.2) is 15.0 Å². The number of hydrogen-bond acceptors (Lipinski definition) is 3. The zero-order chi connectivity index (χ0) is 41.0. The summed E-state index contributed by atoms with van der Waals surface area (Å²) in [6.45, 7) is 0. The molecule has 62 heavy (non-hydrogen) atoms. The average Bonchev–Trinajstić information content (AvgIpc) is 3.34. The third-order valence-corrected chi connectivity index (χ3v) is 12.3. The van der Waals surface area contributed by atoms with Gasteiger partial charge in [0.2, 0.25) is 0 Å². The molecular formula is C59H37N3. The van der Waals surface area contributed by atoms with Crippen molar-refractivity contribution >= 4 is 53.9 Å². The highest BCUT2D eigenvalue weighted by Gasteiger charge is 2.13. The summed E-state index contributed by atoms with van der Waals surface area (Å²) in [7, 11) is 0. The fraction of sp³-hybridized carbons (Fsp3) is 0. The monoisotopic (exact) mass is 787 g/mol. The molecule has 0 aliphatic carbocycles. The summed E-state index contributed by atoms with van der Waals surface area (Å²) in [5.74, 6) is 0.685. The lowest BCUT2D eigenvalue weighted by atomic mass is 9.97. The first kappa shape index (κ1) is 35.7. The Balaban J connectivity index is 0.905. The zero-order valence-corrected chi connectivity index (χ0v) is 33.7. The summed E-state index contributed by atoms with van der Waals surface area (Å²) in [5, 5.41) is 12.3. The molecule has 0 N–H and O–H groups in total. The van der Waals surface area contributed by atoms with Crippen molar-refractivity contribution in [2.75, 3.05) is 0 Å². The highest BCUT2D eigenvalue weighted by Crippen LogP contribution is 2.34. The van der Waals surface area contributed by atoms with Crippen molar-refractivity contribution in [3.8, 4) is 67.3 Å². The number of benzene rings is 10. The van der Waals surface area contributed by atoms with Gasteiger partial charge in [0.05, 0.1) is 11.4 Å². The van der Waals surface area contributed by atoms with Gasteiger partial charge in [0.15, 0.2) is 5.82 Å². The van der Waals surface area contributed by atoms with E-state index in [1.807, 2.05) is 12.4 Å². The Labute approximate surface area is 359 Å². The normalized spacial score (nSPS) is 11.5. The van der Waals surface area contributed by atoms with Gasteiger partial charge in [-0.15, -0.1) is 0 Å². The molecule has 12 rings (SSSR count). The van der Waals surface area contributed by atoms with Crippen molar-refractivity contribution in [2.45, 2.75) is 0 Å². The second-order valence-corrected chi connectivity index (χ2v) is 16.2. The summed E-state index contributed by atoms with van der Waals surface area (Å²) in [6, 6.07) is 76.5. The minimum atomic E-state index is 0.685. The minimum absolute atomic E-state index is 0.685. The van der Waals surface area contributed by atoms with Gasteiger partial charge in [-0.2, -0.15) is 0 Å². The number of rotatable bonds is 6. The second kappa shape index (κ2) is 14.8. The van der Waals surface area contributed by atoms with Crippen molar-refractivity contribution in [2.24, 2.45) is 0 Å². The maximum atomic E-state index is 5.21. The quantitative estimate of drug-likeness (QED) is 0.158. The molecule has 2 heterocycles. The average molecular weight is 788 g/mol. The molecule has 0 bridgehead atoms. The van der Waals surface area contributed by atoms with Crippen LogP contribution in [0.5, 0.6) is 0 Å². The van der Waals surface area contributed by atoms with Gasteiger partial charge >= 0.3 is 0 Å². The van der Waals surface area contributed by atoms with Crippen molar-refractivity contribution < 1.29 is 0 Å². The summed E-state index contributed by atoms with van der Waals surface area (Å²) >= 11 is 0. The molecule has 0 fully saturated rings. The molecule has 12 aromatic rings. The van der Waals surface area contributed by atoms with Crippen molar-refractivity contribution in [1.82, 2.24) is 15.0 Å². The summed E-state index contributed by atoms with van der Waals surface area (Å²) in [5.41, 5.74) is 11.8. The number of hydrogen-bond donors (Lipinski definition) is 0. The van der Waals surface area contributed by atoms with Crippen LogP contribution < -0.4 is 0 Å². The molecule has 0 saturated heterocycles. The largest absolute Gasteiger partial charge is 0.264 e. The Bertz CT molecular complexity index is 3480. The minimum Gasteiger partial charge on any atom is -0.264 e. The van der Waals surface area contributed by atoms with Crippen LogP contribution in [0, 0.1) is 0 Å². The van der Waals surface area contributed by atoms with E-state index >= 15 is 0 Å². The Hall–Kier alpha value is -8.27. The fourth-order valence-electron chi connectivity index (χ4n) is 8.85. The summed E-state index contributed by atoms with van der Waals surface area (Å²) in [4.78, 5) is 14.7. The molecule has 0 atom stereocenters. The van der Waals surface area contributed by atoms with E-state index in [1.165, 1.54) is 59.6 Å². The molecule has 0 aliphatic rings. The predicted molar refractivity (Wildman–Crippen MR) is 260 cm³/mol. The van der Waals surface area contributed by atoms with Gasteiger partial charge in [-0.3, -0.25) is 4.98 Å². The molecule has 0 amide bonds. The van der Waals surface area contributed by atoms with Crippen molar-refractivity contribution in [1.29, 1.82) is 0 Å². The number of fused-ring (bicyclic) bond motifs is 5. The van der Waals surface area contributed by atoms with Gasteiger partial charge in [0, 0.05) is 34.5 Å². The lowest BCUT2D eigenvalue weighted by molar-refractivity contribution is 1.18. The molecule has 0 spiro atoms. The molecule has 10 aromatic carbocycles. The van der Waals surface area contributed by atoms with E-state index in [2.05, 4.69) is 217 Å². The van der Waals surface area contributed by atoms with Crippen LogP contribution in [0.15, 0.2) is 225 Å². The molecule has 0 radical (unpaired) electrons. The SMILES string of the molecule is c1ccc2cc3cc(-c4ccc(-c5cc(-c6ccc(-c7ccc8cc9ccccc9cc8c7)cc6)nc(-c6ccc(-c7ccc8cnccc8c7)cc6)n5)cc4)ccc3cc2c1. The first-order valence-electron chi connectivity index (χ1n) is 21.0. The van der Waals surface area contributed by atoms with E-state index in [0.717, 1.165) is 55.7 Å². The van der Waals surface area contributed by atoms with Crippen molar-refractivity contribution in [3.05, 3.63) is 225 Å². The van der Waals surface area contributed by atoms with E-state index in [0.29, 0.717) is 5.82 Å². The molecule has 3 nitrogen and oxygen atoms in total. The predicted octanol–water partition coefficient (Wildman–Crippen LogP) is 15.6. The Morgan fingerprint density at radius 2 is 0.565 bits per heavy atom. The lowest BCUT2D eigenvalue weighted by Crippen LogP contribution is -1.96. The smallest absolute Gasteiger partial charge is 0.160 e. The standard InChI is InChI=1S/C59H37N3/c1-3-7-46-32-55-34-49(21-23-51(55)29-44(46)5-1)38-9-15-41(16-10-38)57-36-58(62-59(61-57)43-19-13-40(14-20-43)48-25-26-54-37-60-28-27-53(54)31-48)42-17-11-39(12-18-42)50-22-24-52-30-45-6-2-4-8-47(45)33-56(52)35-50/h1-37H. The van der Waals surface area contributed by atoms with Crippen LogP contribution in [0.25, 0.3) is 121 Å². The molecule has 0 aliphatic heterocycles. The van der Waals surface area contributed by atoms with E-state index in [9.17, 15) is 0 Å². The van der Waals surface area contributed by atoms with Gasteiger partial charge in [-0.25, -0.2) is 9.97 Å². The first-order chi connectivity index (χ1) is 30.6. The first-order valence-corrected chi connectivity index (χ1v) is 21.0. The van der Waals surface area contributed by atoms with Gasteiger partial charge in [0.1, 0.15) is 0 Å². The van der Waals surface area contributed by atoms with E-state index < -0.39 is 0 Å². The Kier molecular flexibility index (Phi) is 8.50. The van der Waals surface area contributed by atoms with Crippen molar-refractivity contribution in [3.63, 3.8) is 0 Å².